The molecule has 0 aliphatic rings. The van der Waals surface area contributed by atoms with E-state index in [0.29, 0.717) is 22.8 Å². The summed E-state index contributed by atoms with van der Waals surface area (Å²) in [6, 6.07) is 14.9. The van der Waals surface area contributed by atoms with Crippen molar-refractivity contribution in [1.29, 1.82) is 0 Å². The Morgan fingerprint density at radius 2 is 1.39 bits per heavy atom. The molecule has 0 unspecified atom stereocenters. The maximum absolute atomic E-state index is 5.53. The topological polar surface area (TPSA) is 106 Å². The Kier molecular flexibility index (Phi) is 4.03. The highest BCUT2D eigenvalue weighted by atomic mass is 16.6. The summed E-state index contributed by atoms with van der Waals surface area (Å²) < 4.78 is 0. The van der Waals surface area contributed by atoms with Crippen molar-refractivity contribution in [2.45, 2.75) is 6.92 Å². The van der Waals surface area contributed by atoms with Gasteiger partial charge < -0.3 is 14.5 Å². The molecule has 6 N–H and O–H groups in total. The minimum Gasteiger partial charge on any atom is -0.411 e. The average Bonchev–Trinajstić information content (AvgIpc) is 2.60. The molecule has 23 heavy (non-hydrogen) atoms. The van der Waals surface area contributed by atoms with Gasteiger partial charge in [-0.1, -0.05) is 35.9 Å². The van der Waals surface area contributed by atoms with Crippen LogP contribution < -0.4 is 32.2 Å². The molecule has 0 bridgehead atoms. The molecule has 0 radical (unpaired) electrons. The third kappa shape index (κ3) is 2.55. The molecular weight excluding hydrogens is 294 g/mol. The van der Waals surface area contributed by atoms with Gasteiger partial charge in [0, 0.05) is 21.9 Å². The molecule has 0 aromatic heterocycles. The number of hydrogen-bond donors (Lipinski definition) is 3. The Bertz CT molecular complexity index is 865. The van der Waals surface area contributed by atoms with Crippen LogP contribution in [0, 0.1) is 6.92 Å². The summed E-state index contributed by atoms with van der Waals surface area (Å²) in [7, 11) is 0. The molecule has 3 aromatic rings. The monoisotopic (exact) mass is 311 g/mol. The van der Waals surface area contributed by atoms with E-state index in [-0.39, 0.29) is 0 Å². The molecule has 3 aromatic carbocycles. The number of rotatable bonds is 4. The van der Waals surface area contributed by atoms with E-state index < -0.39 is 0 Å². The van der Waals surface area contributed by atoms with Gasteiger partial charge >= 0.3 is 0 Å². The first-order valence-corrected chi connectivity index (χ1v) is 6.96. The largest absolute Gasteiger partial charge is 0.411 e. The highest BCUT2D eigenvalue weighted by molar-refractivity contribution is 6.00. The Balaban J connectivity index is 2.40. The number of hydrogen-bond acceptors (Lipinski definition) is 6. The van der Waals surface area contributed by atoms with Crippen LogP contribution in [0.2, 0.25) is 0 Å². The van der Waals surface area contributed by atoms with Crippen molar-refractivity contribution in [3.63, 3.8) is 0 Å². The lowest BCUT2D eigenvalue weighted by atomic mass is 9.97. The molecule has 3 rings (SSSR count). The highest BCUT2D eigenvalue weighted by Crippen LogP contribution is 2.44. The molecule has 0 amide bonds. The van der Waals surface area contributed by atoms with Crippen molar-refractivity contribution in [3.8, 4) is 28.4 Å². The van der Waals surface area contributed by atoms with Crippen LogP contribution in [-0.4, -0.2) is 0 Å². The van der Waals surface area contributed by atoms with Gasteiger partial charge in [-0.05, 0) is 25.1 Å². The van der Waals surface area contributed by atoms with Gasteiger partial charge in [0.05, 0.1) is 0 Å². The van der Waals surface area contributed by atoms with Crippen molar-refractivity contribution in [2.75, 3.05) is 0 Å². The van der Waals surface area contributed by atoms with E-state index >= 15 is 0 Å². The molecule has 0 fully saturated rings. The van der Waals surface area contributed by atoms with Gasteiger partial charge in [0.2, 0.25) is 0 Å². The third-order valence-electron chi connectivity index (χ3n) is 3.75. The van der Waals surface area contributed by atoms with Crippen molar-refractivity contribution >= 4 is 10.8 Å². The van der Waals surface area contributed by atoms with Crippen molar-refractivity contribution < 1.29 is 14.5 Å². The lowest BCUT2D eigenvalue weighted by Gasteiger charge is -2.16. The first-order valence-electron chi connectivity index (χ1n) is 6.96. The smallest absolute Gasteiger partial charge is 0.162 e. The number of nitrogens with two attached hydrogens (primary N) is 3. The van der Waals surface area contributed by atoms with E-state index in [2.05, 4.69) is 0 Å². The fraction of sp³-hybridized carbons (Fsp3) is 0.0588. The van der Waals surface area contributed by atoms with Gasteiger partial charge in [0.25, 0.3) is 0 Å². The Hall–Kier alpha value is -2.80. The summed E-state index contributed by atoms with van der Waals surface area (Å²) in [6.45, 7) is 1.97. The van der Waals surface area contributed by atoms with Gasteiger partial charge in [-0.3, -0.25) is 0 Å². The second-order valence-electron chi connectivity index (χ2n) is 5.15. The summed E-state index contributed by atoms with van der Waals surface area (Å²) in [4.78, 5) is 15.2. The highest BCUT2D eigenvalue weighted by Gasteiger charge is 2.18. The van der Waals surface area contributed by atoms with Gasteiger partial charge in [-0.2, -0.15) is 17.7 Å². The number of fused-ring (bicyclic) bond motifs is 1. The Morgan fingerprint density at radius 1 is 0.696 bits per heavy atom. The van der Waals surface area contributed by atoms with E-state index in [1.54, 1.807) is 12.1 Å². The molecule has 0 aliphatic heterocycles. The molecule has 0 aliphatic carbocycles. The van der Waals surface area contributed by atoms with E-state index in [1.807, 2.05) is 43.3 Å². The zero-order valence-electron chi connectivity index (χ0n) is 12.6. The zero-order chi connectivity index (χ0) is 16.4. The van der Waals surface area contributed by atoms with Crippen molar-refractivity contribution in [2.24, 2.45) is 17.7 Å². The standard InChI is InChI=1S/C17H17N3O3/c1-10-6-7-15(21-18)13(8-10)14-9-16(22-19)11-4-2-3-5-12(11)17(14)23-20/h2-9H,18-20H2,1H3. The molecule has 6 heteroatoms. The SMILES string of the molecule is Cc1ccc(ON)c(-c2cc(ON)c3ccccc3c2ON)c1. The van der Waals surface area contributed by atoms with Crippen LogP contribution in [0.4, 0.5) is 0 Å². The Labute approximate surface area is 133 Å². The summed E-state index contributed by atoms with van der Waals surface area (Å²) >= 11 is 0. The number of aryl methyl sites for hydroxylation is 1. The van der Waals surface area contributed by atoms with Gasteiger partial charge in [-0.15, -0.1) is 0 Å². The van der Waals surface area contributed by atoms with Crippen LogP contribution in [0.5, 0.6) is 17.2 Å². The molecule has 0 saturated heterocycles. The van der Waals surface area contributed by atoms with Gasteiger partial charge in [0.15, 0.2) is 17.2 Å². The molecule has 118 valence electrons. The van der Waals surface area contributed by atoms with Crippen molar-refractivity contribution in [1.82, 2.24) is 0 Å². The second kappa shape index (κ2) is 6.13. The summed E-state index contributed by atoms with van der Waals surface area (Å²) in [5.74, 6) is 17.8. The fourth-order valence-corrected chi connectivity index (χ4v) is 2.70. The van der Waals surface area contributed by atoms with E-state index in [0.717, 1.165) is 21.9 Å². The van der Waals surface area contributed by atoms with Crippen LogP contribution in [0.3, 0.4) is 0 Å². The predicted molar refractivity (Wildman–Crippen MR) is 88.6 cm³/mol. The van der Waals surface area contributed by atoms with Crippen LogP contribution >= 0.6 is 0 Å². The minimum absolute atomic E-state index is 0.491. The van der Waals surface area contributed by atoms with Gasteiger partial charge in [-0.25, -0.2) is 0 Å². The molecular formula is C17H17N3O3. The quantitative estimate of drug-likeness (QED) is 0.639. The Morgan fingerprint density at radius 3 is 2.04 bits per heavy atom. The summed E-state index contributed by atoms with van der Waals surface area (Å²) in [6.07, 6.45) is 0. The molecule has 0 spiro atoms. The van der Waals surface area contributed by atoms with Crippen LogP contribution in [0.25, 0.3) is 21.9 Å². The first-order chi connectivity index (χ1) is 11.2. The van der Waals surface area contributed by atoms with Crippen molar-refractivity contribution in [3.05, 3.63) is 54.1 Å². The fourth-order valence-electron chi connectivity index (χ4n) is 2.70. The van der Waals surface area contributed by atoms with Crippen LogP contribution in [-0.2, 0) is 0 Å². The summed E-state index contributed by atoms with van der Waals surface area (Å²) in [5.41, 5.74) is 2.44. The lowest BCUT2D eigenvalue weighted by molar-refractivity contribution is 0.329. The molecule has 6 nitrogen and oxygen atoms in total. The normalized spacial score (nSPS) is 10.6. The van der Waals surface area contributed by atoms with E-state index in [4.69, 9.17) is 32.2 Å². The van der Waals surface area contributed by atoms with E-state index in [9.17, 15) is 0 Å². The molecule has 0 atom stereocenters. The maximum atomic E-state index is 5.53. The van der Waals surface area contributed by atoms with Gasteiger partial charge in [0.1, 0.15) is 0 Å². The molecule has 0 heterocycles. The summed E-state index contributed by atoms with van der Waals surface area (Å²) in [5, 5.41) is 1.57. The predicted octanol–water partition coefficient (Wildman–Crippen LogP) is 2.57. The van der Waals surface area contributed by atoms with Crippen LogP contribution in [0.1, 0.15) is 5.56 Å². The average molecular weight is 311 g/mol. The maximum Gasteiger partial charge on any atom is 0.162 e. The molecule has 0 saturated carbocycles. The zero-order valence-corrected chi connectivity index (χ0v) is 12.6. The lowest BCUT2D eigenvalue weighted by Crippen LogP contribution is -2.08. The van der Waals surface area contributed by atoms with Crippen LogP contribution in [0.15, 0.2) is 48.5 Å². The third-order valence-corrected chi connectivity index (χ3v) is 3.75. The first kappa shape index (κ1) is 15.1. The van der Waals surface area contributed by atoms with E-state index in [1.165, 1.54) is 0 Å². The number of benzene rings is 3. The minimum atomic E-state index is 0.491. The second-order valence-corrected chi connectivity index (χ2v) is 5.15.